The Hall–Kier alpha value is -1.82. The van der Waals surface area contributed by atoms with E-state index in [1.165, 1.54) is 12.8 Å². The number of aliphatic imine (C=N–C) groups is 1. The van der Waals surface area contributed by atoms with Crippen LogP contribution in [0.15, 0.2) is 23.3 Å². The van der Waals surface area contributed by atoms with Gasteiger partial charge in [0.1, 0.15) is 6.10 Å². The average Bonchev–Trinajstić information content (AvgIpc) is 3.16. The fourth-order valence-electron chi connectivity index (χ4n) is 3.00. The molecule has 6 nitrogen and oxygen atoms in total. The molecule has 0 aromatic carbocycles. The average molecular weight is 363 g/mol. The summed E-state index contributed by atoms with van der Waals surface area (Å²) in [6, 6.07) is 3.99. The molecule has 0 saturated heterocycles. The maximum Gasteiger partial charge on any atom is 0.218 e. The van der Waals surface area contributed by atoms with Crippen LogP contribution in [0.4, 0.5) is 0 Å². The van der Waals surface area contributed by atoms with Crippen molar-refractivity contribution in [2.24, 2.45) is 4.99 Å². The van der Waals surface area contributed by atoms with E-state index in [-0.39, 0.29) is 0 Å². The number of hydrogen-bond acceptors (Lipinski definition) is 4. The summed E-state index contributed by atoms with van der Waals surface area (Å²) in [6.07, 6.45) is 8.99. The van der Waals surface area contributed by atoms with Crippen molar-refractivity contribution >= 4 is 5.96 Å². The van der Waals surface area contributed by atoms with Crippen molar-refractivity contribution in [3.05, 3.63) is 23.9 Å². The summed E-state index contributed by atoms with van der Waals surface area (Å²) in [6.45, 7) is 7.99. The fraction of sp³-hybridized carbons (Fsp3) is 0.700. The van der Waals surface area contributed by atoms with Gasteiger partial charge in [-0.25, -0.2) is 9.98 Å². The highest BCUT2D eigenvalue weighted by molar-refractivity contribution is 5.79. The van der Waals surface area contributed by atoms with E-state index in [0.29, 0.717) is 12.6 Å². The maximum atomic E-state index is 6.10. The van der Waals surface area contributed by atoms with Crippen LogP contribution in [0, 0.1) is 0 Å². The highest BCUT2D eigenvalue weighted by atomic mass is 16.5. The minimum Gasteiger partial charge on any atom is -0.474 e. The zero-order valence-electron chi connectivity index (χ0n) is 16.3. The Bertz CT molecular complexity index is 530. The molecule has 2 rings (SSSR count). The summed E-state index contributed by atoms with van der Waals surface area (Å²) >= 11 is 0. The van der Waals surface area contributed by atoms with Gasteiger partial charge in [-0.05, 0) is 58.4 Å². The second-order valence-electron chi connectivity index (χ2n) is 6.52. The number of hydrogen-bond donors (Lipinski definition) is 2. The molecule has 6 heteroatoms. The minimum absolute atomic E-state index is 0.310. The molecule has 0 spiro atoms. The van der Waals surface area contributed by atoms with Gasteiger partial charge in [0.2, 0.25) is 5.88 Å². The summed E-state index contributed by atoms with van der Waals surface area (Å²) in [4.78, 5) is 9.12. The van der Waals surface area contributed by atoms with Gasteiger partial charge in [-0.3, -0.25) is 0 Å². The summed E-state index contributed by atoms with van der Waals surface area (Å²) in [5.41, 5.74) is 1.04. The van der Waals surface area contributed by atoms with E-state index in [4.69, 9.17) is 14.5 Å². The van der Waals surface area contributed by atoms with Crippen molar-refractivity contribution in [2.45, 2.75) is 65.0 Å². The van der Waals surface area contributed by atoms with Gasteiger partial charge in [-0.15, -0.1) is 0 Å². The van der Waals surface area contributed by atoms with E-state index < -0.39 is 0 Å². The van der Waals surface area contributed by atoms with E-state index in [1.807, 2.05) is 19.1 Å². The molecule has 0 amide bonds. The molecule has 0 bridgehead atoms. The van der Waals surface area contributed by atoms with Gasteiger partial charge in [-0.2, -0.15) is 0 Å². The number of aromatic nitrogens is 1. The predicted molar refractivity (Wildman–Crippen MR) is 106 cm³/mol. The molecule has 146 valence electrons. The lowest BCUT2D eigenvalue weighted by Gasteiger charge is -2.15. The van der Waals surface area contributed by atoms with Crippen LogP contribution in [-0.2, 0) is 11.3 Å². The van der Waals surface area contributed by atoms with Gasteiger partial charge >= 0.3 is 0 Å². The number of nitrogens with zero attached hydrogens (tertiary/aromatic N) is 2. The normalized spacial score (nSPS) is 15.2. The van der Waals surface area contributed by atoms with E-state index in [0.717, 1.165) is 69.4 Å². The first-order valence-corrected chi connectivity index (χ1v) is 10.0. The van der Waals surface area contributed by atoms with Crippen LogP contribution in [0.5, 0.6) is 5.88 Å². The van der Waals surface area contributed by atoms with Crippen molar-refractivity contribution in [3.8, 4) is 5.88 Å². The molecular formula is C20H34N4O2. The molecule has 1 heterocycles. The van der Waals surface area contributed by atoms with E-state index >= 15 is 0 Å². The fourth-order valence-corrected chi connectivity index (χ4v) is 3.00. The quantitative estimate of drug-likeness (QED) is 0.359. The smallest absolute Gasteiger partial charge is 0.218 e. The Morgan fingerprint density at radius 1 is 1.23 bits per heavy atom. The Labute approximate surface area is 157 Å². The lowest BCUT2D eigenvalue weighted by Crippen LogP contribution is -2.37. The summed E-state index contributed by atoms with van der Waals surface area (Å²) < 4.78 is 11.5. The Morgan fingerprint density at radius 3 is 2.85 bits per heavy atom. The molecule has 0 unspecified atom stereocenters. The third-order valence-electron chi connectivity index (χ3n) is 4.39. The monoisotopic (exact) mass is 362 g/mol. The molecule has 0 atom stereocenters. The van der Waals surface area contributed by atoms with Gasteiger partial charge in [-0.1, -0.05) is 6.07 Å². The third-order valence-corrected chi connectivity index (χ3v) is 4.39. The maximum absolute atomic E-state index is 6.10. The van der Waals surface area contributed by atoms with Crippen LogP contribution >= 0.6 is 0 Å². The highest BCUT2D eigenvalue weighted by Gasteiger charge is 2.18. The first kappa shape index (κ1) is 20.5. The number of guanidine groups is 1. The number of pyridine rings is 1. The van der Waals surface area contributed by atoms with Crippen molar-refractivity contribution in [2.75, 3.05) is 26.3 Å². The largest absolute Gasteiger partial charge is 0.474 e. The van der Waals surface area contributed by atoms with Crippen molar-refractivity contribution in [1.29, 1.82) is 0 Å². The Balaban J connectivity index is 1.85. The van der Waals surface area contributed by atoms with Gasteiger partial charge < -0.3 is 20.1 Å². The molecule has 0 aliphatic heterocycles. The van der Waals surface area contributed by atoms with Crippen LogP contribution in [-0.4, -0.2) is 43.4 Å². The topological polar surface area (TPSA) is 67.8 Å². The van der Waals surface area contributed by atoms with E-state index in [1.54, 1.807) is 6.20 Å². The zero-order chi connectivity index (χ0) is 18.5. The molecule has 1 aromatic rings. The Morgan fingerprint density at radius 2 is 2.08 bits per heavy atom. The van der Waals surface area contributed by atoms with Gasteiger partial charge in [0, 0.05) is 38.1 Å². The molecule has 2 N–H and O–H groups in total. The van der Waals surface area contributed by atoms with E-state index in [9.17, 15) is 0 Å². The summed E-state index contributed by atoms with van der Waals surface area (Å²) in [5.74, 6) is 1.57. The van der Waals surface area contributed by atoms with Crippen LogP contribution in [0.3, 0.4) is 0 Å². The Kier molecular flexibility index (Phi) is 9.87. The van der Waals surface area contributed by atoms with Crippen LogP contribution < -0.4 is 15.4 Å². The SMILES string of the molecule is CCNC(=NCc1cccnc1OC1CCCC1)NCCCCOCC. The first-order valence-electron chi connectivity index (χ1n) is 10.0. The standard InChI is InChI=1S/C20H34N4O2/c1-3-21-20(23-13-7-8-15-25-4-2)24-16-17-10-9-14-22-19(17)26-18-11-5-6-12-18/h9-10,14,18H,3-8,11-13,15-16H2,1-2H3,(H2,21,23,24). The van der Waals surface area contributed by atoms with Gasteiger partial charge in [0.05, 0.1) is 6.54 Å². The third kappa shape index (κ3) is 7.60. The molecule has 1 aliphatic rings. The second-order valence-corrected chi connectivity index (χ2v) is 6.52. The molecular weight excluding hydrogens is 328 g/mol. The lowest BCUT2D eigenvalue weighted by atomic mass is 10.2. The highest BCUT2D eigenvalue weighted by Crippen LogP contribution is 2.25. The second kappa shape index (κ2) is 12.5. The van der Waals surface area contributed by atoms with Crippen LogP contribution in [0.25, 0.3) is 0 Å². The minimum atomic E-state index is 0.310. The van der Waals surface area contributed by atoms with Crippen molar-refractivity contribution < 1.29 is 9.47 Å². The zero-order valence-corrected chi connectivity index (χ0v) is 16.3. The summed E-state index contributed by atoms with van der Waals surface area (Å²) in [7, 11) is 0. The number of unbranched alkanes of at least 4 members (excludes halogenated alkanes) is 1. The summed E-state index contributed by atoms with van der Waals surface area (Å²) in [5, 5.41) is 6.68. The van der Waals surface area contributed by atoms with Crippen LogP contribution in [0.1, 0.15) is 57.9 Å². The number of nitrogens with one attached hydrogen (secondary N) is 2. The van der Waals surface area contributed by atoms with Gasteiger partial charge in [0.25, 0.3) is 0 Å². The predicted octanol–water partition coefficient (Wildman–Crippen LogP) is 3.27. The molecule has 1 aromatic heterocycles. The number of ether oxygens (including phenoxy) is 2. The van der Waals surface area contributed by atoms with E-state index in [2.05, 4.69) is 22.5 Å². The molecule has 26 heavy (non-hydrogen) atoms. The number of rotatable bonds is 11. The molecule has 1 saturated carbocycles. The molecule has 0 radical (unpaired) electrons. The molecule has 1 fully saturated rings. The first-order chi connectivity index (χ1) is 12.8. The van der Waals surface area contributed by atoms with Crippen LogP contribution in [0.2, 0.25) is 0 Å². The van der Waals surface area contributed by atoms with Crippen molar-refractivity contribution in [1.82, 2.24) is 15.6 Å². The van der Waals surface area contributed by atoms with Crippen molar-refractivity contribution in [3.63, 3.8) is 0 Å². The molecule has 1 aliphatic carbocycles. The van der Waals surface area contributed by atoms with Gasteiger partial charge in [0.15, 0.2) is 5.96 Å². The lowest BCUT2D eigenvalue weighted by molar-refractivity contribution is 0.143.